The number of aliphatic carboxylic acids is 1. The lowest BCUT2D eigenvalue weighted by Gasteiger charge is -2.16. The minimum atomic E-state index is -0.958. The van der Waals surface area contributed by atoms with E-state index in [1.54, 1.807) is 18.3 Å². The summed E-state index contributed by atoms with van der Waals surface area (Å²) in [6.45, 7) is 3.90. The molecule has 2 N–H and O–H groups in total. The molecule has 0 radical (unpaired) electrons. The highest BCUT2D eigenvalue weighted by Gasteiger charge is 2.15. The summed E-state index contributed by atoms with van der Waals surface area (Å²) in [5.41, 5.74) is 0.395. The maximum absolute atomic E-state index is 12.0. The van der Waals surface area contributed by atoms with Crippen LogP contribution in [0.25, 0.3) is 0 Å². The van der Waals surface area contributed by atoms with Crippen molar-refractivity contribution in [3.05, 3.63) is 24.0 Å². The van der Waals surface area contributed by atoms with Crippen molar-refractivity contribution in [2.75, 3.05) is 0 Å². The first kappa shape index (κ1) is 14.3. The molecule has 0 bridgehead atoms. The van der Waals surface area contributed by atoms with Gasteiger partial charge in [-0.05, 0) is 25.0 Å². The zero-order chi connectivity index (χ0) is 13.5. The highest BCUT2D eigenvalue weighted by atomic mass is 16.4. The standard InChI is InChI=1S/C13H20N2O3/c1-3-6-10(4-2)14-13(18)11-7-5-8-15(11)9-12(16)17/h5,7-8,10H,3-4,6,9H2,1-2H3,(H,14,18)(H,16,17). The van der Waals surface area contributed by atoms with E-state index < -0.39 is 5.97 Å². The molecule has 0 saturated carbocycles. The molecule has 1 amide bonds. The van der Waals surface area contributed by atoms with Gasteiger partial charge < -0.3 is 15.0 Å². The smallest absolute Gasteiger partial charge is 0.323 e. The summed E-state index contributed by atoms with van der Waals surface area (Å²) in [6.07, 6.45) is 4.42. The van der Waals surface area contributed by atoms with Crippen molar-refractivity contribution in [2.24, 2.45) is 0 Å². The van der Waals surface area contributed by atoms with E-state index in [0.717, 1.165) is 19.3 Å². The zero-order valence-electron chi connectivity index (χ0n) is 10.8. The Kier molecular flexibility index (Phi) is 5.42. The Morgan fingerprint density at radius 2 is 2.17 bits per heavy atom. The molecular formula is C13H20N2O3. The largest absolute Gasteiger partial charge is 0.480 e. The molecule has 0 aromatic carbocycles. The second kappa shape index (κ2) is 6.83. The van der Waals surface area contributed by atoms with Gasteiger partial charge in [0.05, 0.1) is 0 Å². The van der Waals surface area contributed by atoms with Gasteiger partial charge in [0.1, 0.15) is 12.2 Å². The summed E-state index contributed by atoms with van der Waals surface area (Å²) in [4.78, 5) is 22.7. The summed E-state index contributed by atoms with van der Waals surface area (Å²) in [5, 5.41) is 11.7. The molecule has 0 fully saturated rings. The minimum absolute atomic E-state index is 0.149. The molecule has 5 heteroatoms. The third kappa shape index (κ3) is 3.91. The van der Waals surface area contributed by atoms with Gasteiger partial charge in [0.2, 0.25) is 0 Å². The fourth-order valence-electron chi connectivity index (χ4n) is 1.89. The predicted octanol–water partition coefficient (Wildman–Crippen LogP) is 1.88. The van der Waals surface area contributed by atoms with Gasteiger partial charge in [0.15, 0.2) is 0 Å². The van der Waals surface area contributed by atoms with Gasteiger partial charge >= 0.3 is 5.97 Å². The minimum Gasteiger partial charge on any atom is -0.480 e. The molecule has 5 nitrogen and oxygen atoms in total. The molecule has 0 aliphatic heterocycles. The topological polar surface area (TPSA) is 71.3 Å². The van der Waals surface area contributed by atoms with Crippen LogP contribution in [0.5, 0.6) is 0 Å². The molecule has 1 rings (SSSR count). The second-order valence-electron chi connectivity index (χ2n) is 4.28. The molecule has 1 atom stereocenters. The third-order valence-electron chi connectivity index (χ3n) is 2.83. The van der Waals surface area contributed by atoms with Crippen LogP contribution >= 0.6 is 0 Å². The third-order valence-corrected chi connectivity index (χ3v) is 2.83. The van der Waals surface area contributed by atoms with E-state index >= 15 is 0 Å². The number of carbonyl (C=O) groups is 2. The molecule has 18 heavy (non-hydrogen) atoms. The van der Waals surface area contributed by atoms with Crippen molar-refractivity contribution < 1.29 is 14.7 Å². The number of aromatic nitrogens is 1. The van der Waals surface area contributed by atoms with E-state index in [1.165, 1.54) is 4.57 Å². The summed E-state index contributed by atoms with van der Waals surface area (Å²) >= 11 is 0. The Morgan fingerprint density at radius 3 is 2.72 bits per heavy atom. The molecule has 0 aliphatic rings. The Labute approximate surface area is 107 Å². The molecule has 1 aromatic rings. The number of nitrogens with one attached hydrogen (secondary N) is 1. The van der Waals surface area contributed by atoms with Crippen LogP contribution in [-0.4, -0.2) is 27.6 Å². The van der Waals surface area contributed by atoms with Crippen LogP contribution in [-0.2, 0) is 11.3 Å². The second-order valence-corrected chi connectivity index (χ2v) is 4.28. The summed E-state index contributed by atoms with van der Waals surface area (Å²) < 4.78 is 1.44. The van der Waals surface area contributed by atoms with E-state index in [4.69, 9.17) is 5.11 Å². The molecule has 0 aliphatic carbocycles. The number of carboxylic acid groups (broad SMARTS) is 1. The number of hydrogen-bond acceptors (Lipinski definition) is 2. The van der Waals surface area contributed by atoms with Crippen LogP contribution < -0.4 is 5.32 Å². The molecular weight excluding hydrogens is 232 g/mol. The van der Waals surface area contributed by atoms with Crippen LogP contribution in [0.1, 0.15) is 43.6 Å². The lowest BCUT2D eigenvalue weighted by molar-refractivity contribution is -0.137. The predicted molar refractivity (Wildman–Crippen MR) is 68.5 cm³/mol. The molecule has 0 spiro atoms. The number of carbonyl (C=O) groups excluding carboxylic acids is 1. The highest BCUT2D eigenvalue weighted by molar-refractivity contribution is 5.93. The van der Waals surface area contributed by atoms with E-state index in [0.29, 0.717) is 5.69 Å². The summed E-state index contributed by atoms with van der Waals surface area (Å²) in [5.74, 6) is -1.16. The fraction of sp³-hybridized carbons (Fsp3) is 0.538. The quantitative estimate of drug-likeness (QED) is 0.778. The van der Waals surface area contributed by atoms with E-state index in [9.17, 15) is 9.59 Å². The number of hydrogen-bond donors (Lipinski definition) is 2. The lowest BCUT2D eigenvalue weighted by atomic mass is 10.1. The zero-order valence-corrected chi connectivity index (χ0v) is 10.8. The number of rotatable bonds is 7. The van der Waals surface area contributed by atoms with Crippen molar-refractivity contribution in [2.45, 2.75) is 45.7 Å². The molecule has 1 aromatic heterocycles. The van der Waals surface area contributed by atoms with E-state index in [1.807, 2.05) is 6.92 Å². The molecule has 1 unspecified atom stereocenters. The first-order valence-electron chi connectivity index (χ1n) is 6.26. The molecule has 0 saturated heterocycles. The first-order valence-corrected chi connectivity index (χ1v) is 6.26. The van der Waals surface area contributed by atoms with Gasteiger partial charge in [-0.2, -0.15) is 0 Å². The fourth-order valence-corrected chi connectivity index (χ4v) is 1.89. The van der Waals surface area contributed by atoms with Gasteiger partial charge in [-0.3, -0.25) is 9.59 Å². The summed E-state index contributed by atoms with van der Waals surface area (Å²) in [6, 6.07) is 3.46. The average molecular weight is 252 g/mol. The SMILES string of the molecule is CCCC(CC)NC(=O)c1cccn1CC(=O)O. The van der Waals surface area contributed by atoms with Crippen molar-refractivity contribution in [1.82, 2.24) is 9.88 Å². The maximum atomic E-state index is 12.0. The average Bonchev–Trinajstić information content (AvgIpc) is 2.75. The Bertz CT molecular complexity index is 412. The van der Waals surface area contributed by atoms with Gasteiger partial charge in [0, 0.05) is 12.2 Å². The van der Waals surface area contributed by atoms with Gasteiger partial charge in [-0.15, -0.1) is 0 Å². The first-order chi connectivity index (χ1) is 8.58. The molecule has 100 valence electrons. The maximum Gasteiger partial charge on any atom is 0.323 e. The summed E-state index contributed by atoms with van der Waals surface area (Å²) in [7, 11) is 0. The van der Waals surface area contributed by atoms with E-state index in [-0.39, 0.29) is 18.5 Å². The number of carboxylic acids is 1. The number of amides is 1. The Morgan fingerprint density at radius 1 is 1.44 bits per heavy atom. The normalized spacial score (nSPS) is 12.1. The van der Waals surface area contributed by atoms with Crippen LogP contribution in [0.15, 0.2) is 18.3 Å². The van der Waals surface area contributed by atoms with Gasteiger partial charge in [-0.1, -0.05) is 20.3 Å². The molecule has 1 heterocycles. The number of nitrogens with zero attached hydrogens (tertiary/aromatic N) is 1. The van der Waals surface area contributed by atoms with Crippen molar-refractivity contribution in [3.8, 4) is 0 Å². The van der Waals surface area contributed by atoms with Crippen LogP contribution in [0.2, 0.25) is 0 Å². The monoisotopic (exact) mass is 252 g/mol. The Hall–Kier alpha value is -1.78. The Balaban J connectivity index is 2.71. The highest BCUT2D eigenvalue weighted by Crippen LogP contribution is 2.06. The van der Waals surface area contributed by atoms with Gasteiger partial charge in [-0.25, -0.2) is 0 Å². The van der Waals surface area contributed by atoms with Crippen molar-refractivity contribution in [1.29, 1.82) is 0 Å². The van der Waals surface area contributed by atoms with E-state index in [2.05, 4.69) is 12.2 Å². The van der Waals surface area contributed by atoms with Crippen molar-refractivity contribution >= 4 is 11.9 Å². The van der Waals surface area contributed by atoms with Crippen LogP contribution in [0.4, 0.5) is 0 Å². The van der Waals surface area contributed by atoms with Gasteiger partial charge in [0.25, 0.3) is 5.91 Å². The van der Waals surface area contributed by atoms with Crippen molar-refractivity contribution in [3.63, 3.8) is 0 Å². The lowest BCUT2D eigenvalue weighted by Crippen LogP contribution is -2.35. The van der Waals surface area contributed by atoms with Crippen LogP contribution in [0, 0.1) is 0 Å². The van der Waals surface area contributed by atoms with Crippen LogP contribution in [0.3, 0.4) is 0 Å².